The number of amides is 1. The van der Waals surface area contributed by atoms with Gasteiger partial charge in [0.25, 0.3) is 5.91 Å². The standard InChI is InChI=1S/C15H20ClN3O2/c1-2-21-13-6-5-12(16)14(18-13)15(20)17-10-7-8-19(9-10)11-3-4-11/h5-6,10-11H,2-4,7-9H2,1H3,(H,17,20). The smallest absolute Gasteiger partial charge is 0.271 e. The van der Waals surface area contributed by atoms with Gasteiger partial charge in [-0.1, -0.05) is 11.6 Å². The molecule has 1 unspecified atom stereocenters. The maximum Gasteiger partial charge on any atom is 0.271 e. The van der Waals surface area contributed by atoms with Crippen LogP contribution in [-0.4, -0.2) is 47.6 Å². The number of hydrogen-bond acceptors (Lipinski definition) is 4. The van der Waals surface area contributed by atoms with Crippen molar-refractivity contribution in [3.8, 4) is 5.88 Å². The lowest BCUT2D eigenvalue weighted by Gasteiger charge is -2.16. The van der Waals surface area contributed by atoms with E-state index >= 15 is 0 Å². The average molecular weight is 310 g/mol. The van der Waals surface area contributed by atoms with Crippen LogP contribution in [0.5, 0.6) is 5.88 Å². The number of halogens is 1. The number of rotatable bonds is 5. The fraction of sp³-hybridized carbons (Fsp3) is 0.600. The largest absolute Gasteiger partial charge is 0.478 e. The number of aromatic nitrogens is 1. The number of hydrogen-bond donors (Lipinski definition) is 1. The van der Waals surface area contributed by atoms with Gasteiger partial charge in [-0.2, -0.15) is 0 Å². The van der Waals surface area contributed by atoms with Gasteiger partial charge in [0.05, 0.1) is 11.6 Å². The van der Waals surface area contributed by atoms with Gasteiger partial charge in [-0.15, -0.1) is 0 Å². The van der Waals surface area contributed by atoms with Crippen LogP contribution in [0.2, 0.25) is 5.02 Å². The summed E-state index contributed by atoms with van der Waals surface area (Å²) >= 11 is 6.08. The van der Waals surface area contributed by atoms with Gasteiger partial charge in [0.15, 0.2) is 5.69 Å². The van der Waals surface area contributed by atoms with Gasteiger partial charge in [0, 0.05) is 31.2 Å². The summed E-state index contributed by atoms with van der Waals surface area (Å²) in [7, 11) is 0. The molecule has 0 spiro atoms. The molecule has 2 aliphatic rings. The zero-order valence-corrected chi connectivity index (χ0v) is 12.9. The van der Waals surface area contributed by atoms with Crippen LogP contribution in [0.15, 0.2) is 12.1 Å². The highest BCUT2D eigenvalue weighted by molar-refractivity contribution is 6.33. The Hall–Kier alpha value is -1.33. The molecule has 1 atom stereocenters. The summed E-state index contributed by atoms with van der Waals surface area (Å²) in [6, 6.07) is 4.26. The van der Waals surface area contributed by atoms with Crippen LogP contribution in [-0.2, 0) is 0 Å². The zero-order chi connectivity index (χ0) is 14.8. The van der Waals surface area contributed by atoms with E-state index in [-0.39, 0.29) is 17.6 Å². The summed E-state index contributed by atoms with van der Waals surface area (Å²) in [5.41, 5.74) is 0.243. The van der Waals surface area contributed by atoms with E-state index in [1.165, 1.54) is 12.8 Å². The molecular formula is C15H20ClN3O2. The molecule has 1 aromatic heterocycles. The highest BCUT2D eigenvalue weighted by Crippen LogP contribution is 2.30. The summed E-state index contributed by atoms with van der Waals surface area (Å²) < 4.78 is 5.32. The van der Waals surface area contributed by atoms with E-state index in [1.807, 2.05) is 6.92 Å². The number of likely N-dealkylation sites (tertiary alicyclic amines) is 1. The van der Waals surface area contributed by atoms with Crippen LogP contribution in [0.1, 0.15) is 36.7 Å². The maximum absolute atomic E-state index is 12.3. The molecule has 21 heavy (non-hydrogen) atoms. The molecule has 1 saturated heterocycles. The van der Waals surface area contributed by atoms with Crippen LogP contribution in [0.3, 0.4) is 0 Å². The molecule has 0 radical (unpaired) electrons. The van der Waals surface area contributed by atoms with Crippen molar-refractivity contribution in [2.24, 2.45) is 0 Å². The maximum atomic E-state index is 12.3. The minimum atomic E-state index is -0.218. The van der Waals surface area contributed by atoms with Crippen LogP contribution < -0.4 is 10.1 Å². The molecule has 1 saturated carbocycles. The third-order valence-corrected chi connectivity index (χ3v) is 4.25. The second-order valence-electron chi connectivity index (χ2n) is 5.60. The van der Waals surface area contributed by atoms with Crippen molar-refractivity contribution in [1.29, 1.82) is 0 Å². The van der Waals surface area contributed by atoms with Gasteiger partial charge in [-0.25, -0.2) is 4.98 Å². The van der Waals surface area contributed by atoms with Gasteiger partial charge in [-0.05, 0) is 32.3 Å². The lowest BCUT2D eigenvalue weighted by Crippen LogP contribution is -2.38. The molecular weight excluding hydrogens is 290 g/mol. The number of carbonyl (C=O) groups excluding carboxylic acids is 1. The first-order valence-electron chi connectivity index (χ1n) is 7.51. The lowest BCUT2D eigenvalue weighted by atomic mass is 10.2. The first kappa shape index (κ1) is 14.6. The summed E-state index contributed by atoms with van der Waals surface area (Å²) in [5.74, 6) is 0.210. The van der Waals surface area contributed by atoms with E-state index in [4.69, 9.17) is 16.3 Å². The molecule has 0 bridgehead atoms. The second kappa shape index (κ2) is 6.20. The SMILES string of the molecule is CCOc1ccc(Cl)c(C(=O)NC2CCN(C3CC3)C2)n1. The van der Waals surface area contributed by atoms with Crippen LogP contribution in [0.25, 0.3) is 0 Å². The number of pyridine rings is 1. The van der Waals surface area contributed by atoms with Crippen molar-refractivity contribution in [3.05, 3.63) is 22.8 Å². The fourth-order valence-electron chi connectivity index (χ4n) is 2.74. The fourth-order valence-corrected chi connectivity index (χ4v) is 2.93. The van der Waals surface area contributed by atoms with Crippen molar-refractivity contribution in [3.63, 3.8) is 0 Å². The van der Waals surface area contributed by atoms with Crippen molar-refractivity contribution >= 4 is 17.5 Å². The monoisotopic (exact) mass is 309 g/mol. The zero-order valence-electron chi connectivity index (χ0n) is 12.1. The predicted molar refractivity (Wildman–Crippen MR) is 80.9 cm³/mol. The van der Waals surface area contributed by atoms with E-state index < -0.39 is 0 Å². The van der Waals surface area contributed by atoms with Crippen LogP contribution in [0.4, 0.5) is 0 Å². The third kappa shape index (κ3) is 3.47. The van der Waals surface area contributed by atoms with E-state index in [9.17, 15) is 4.79 Å². The average Bonchev–Trinajstić information content (AvgIpc) is 3.22. The lowest BCUT2D eigenvalue weighted by molar-refractivity contribution is 0.0931. The molecule has 3 rings (SSSR count). The minimum absolute atomic E-state index is 0.187. The molecule has 6 heteroatoms. The normalized spacial score (nSPS) is 22.3. The highest BCUT2D eigenvalue weighted by atomic mass is 35.5. The first-order valence-corrected chi connectivity index (χ1v) is 7.89. The van der Waals surface area contributed by atoms with Gasteiger partial charge < -0.3 is 10.1 Å². The Bertz CT molecular complexity index is 534. The Morgan fingerprint density at radius 2 is 2.29 bits per heavy atom. The molecule has 5 nitrogen and oxygen atoms in total. The van der Waals surface area contributed by atoms with E-state index in [0.717, 1.165) is 25.6 Å². The molecule has 2 heterocycles. The second-order valence-corrected chi connectivity index (χ2v) is 6.01. The van der Waals surface area contributed by atoms with Crippen LogP contribution in [0, 0.1) is 0 Å². The molecule has 114 valence electrons. The number of nitrogens with one attached hydrogen (secondary N) is 1. The Morgan fingerprint density at radius 1 is 1.48 bits per heavy atom. The number of ether oxygens (including phenoxy) is 1. The van der Waals surface area contributed by atoms with E-state index in [0.29, 0.717) is 17.5 Å². The van der Waals surface area contributed by atoms with Crippen molar-refractivity contribution in [1.82, 2.24) is 15.2 Å². The molecule has 2 fully saturated rings. The third-order valence-electron chi connectivity index (χ3n) is 3.95. The van der Waals surface area contributed by atoms with E-state index in [2.05, 4.69) is 15.2 Å². The van der Waals surface area contributed by atoms with Gasteiger partial charge in [0.1, 0.15) is 0 Å². The van der Waals surface area contributed by atoms with Crippen molar-refractivity contribution in [2.75, 3.05) is 19.7 Å². The number of carbonyl (C=O) groups is 1. The quantitative estimate of drug-likeness (QED) is 0.905. The molecule has 0 aromatic carbocycles. The molecule has 1 aromatic rings. The minimum Gasteiger partial charge on any atom is -0.478 e. The Balaban J connectivity index is 1.63. The van der Waals surface area contributed by atoms with Gasteiger partial charge in [0.2, 0.25) is 5.88 Å². The summed E-state index contributed by atoms with van der Waals surface area (Å²) in [6.07, 6.45) is 3.58. The Morgan fingerprint density at radius 3 is 3.00 bits per heavy atom. The predicted octanol–water partition coefficient (Wildman–Crippen LogP) is 2.10. The van der Waals surface area contributed by atoms with Crippen LogP contribution >= 0.6 is 11.6 Å². The summed E-state index contributed by atoms with van der Waals surface area (Å²) in [6.45, 7) is 4.38. The Kier molecular flexibility index (Phi) is 4.31. The summed E-state index contributed by atoms with van der Waals surface area (Å²) in [4.78, 5) is 19.0. The topological polar surface area (TPSA) is 54.5 Å². The number of nitrogens with zero attached hydrogens (tertiary/aromatic N) is 2. The first-order chi connectivity index (χ1) is 10.2. The van der Waals surface area contributed by atoms with E-state index in [1.54, 1.807) is 12.1 Å². The Labute approximate surface area is 129 Å². The van der Waals surface area contributed by atoms with Gasteiger partial charge >= 0.3 is 0 Å². The highest BCUT2D eigenvalue weighted by Gasteiger charge is 2.35. The molecule has 1 aliphatic heterocycles. The van der Waals surface area contributed by atoms with Gasteiger partial charge in [-0.3, -0.25) is 9.69 Å². The van der Waals surface area contributed by atoms with Crippen molar-refractivity contribution < 1.29 is 9.53 Å². The van der Waals surface area contributed by atoms with Crippen molar-refractivity contribution in [2.45, 2.75) is 38.3 Å². The summed E-state index contributed by atoms with van der Waals surface area (Å²) in [5, 5.41) is 3.39. The molecule has 1 N–H and O–H groups in total. The molecule has 1 amide bonds. The molecule has 1 aliphatic carbocycles.